The largest absolute Gasteiger partial charge is 0.357 e. The van der Waals surface area contributed by atoms with Gasteiger partial charge in [0.15, 0.2) is 5.96 Å². The summed E-state index contributed by atoms with van der Waals surface area (Å²) >= 11 is 0. The zero-order valence-electron chi connectivity index (χ0n) is 16.5. The van der Waals surface area contributed by atoms with Gasteiger partial charge in [-0.15, -0.1) is 24.0 Å². The van der Waals surface area contributed by atoms with Crippen LogP contribution in [-0.4, -0.2) is 28.6 Å². The number of hydrogen-bond acceptors (Lipinski definition) is 2. The molecule has 7 heteroatoms. The van der Waals surface area contributed by atoms with Gasteiger partial charge in [-0.25, -0.2) is 14.4 Å². The van der Waals surface area contributed by atoms with Crippen LogP contribution in [0.25, 0.3) is 0 Å². The third-order valence-electron chi connectivity index (χ3n) is 4.35. The summed E-state index contributed by atoms with van der Waals surface area (Å²) < 4.78 is 15.9. The van der Waals surface area contributed by atoms with Gasteiger partial charge in [0.2, 0.25) is 0 Å². The van der Waals surface area contributed by atoms with Gasteiger partial charge in [-0.1, -0.05) is 48.5 Å². The maximum Gasteiger partial charge on any atom is 0.191 e. The highest BCUT2D eigenvalue weighted by atomic mass is 127. The van der Waals surface area contributed by atoms with Gasteiger partial charge in [0, 0.05) is 44.0 Å². The van der Waals surface area contributed by atoms with E-state index in [4.69, 9.17) is 0 Å². The van der Waals surface area contributed by atoms with Gasteiger partial charge in [-0.05, 0) is 18.6 Å². The Hall–Kier alpha value is -2.42. The average Bonchev–Trinajstić information content (AvgIpc) is 3.15. The fourth-order valence-corrected chi connectivity index (χ4v) is 2.92. The van der Waals surface area contributed by atoms with Gasteiger partial charge in [0.05, 0.1) is 6.54 Å². The molecular formula is C22H27FIN5. The first-order chi connectivity index (χ1) is 13.8. The number of halogens is 2. The van der Waals surface area contributed by atoms with Crippen LogP contribution >= 0.6 is 24.0 Å². The summed E-state index contributed by atoms with van der Waals surface area (Å²) in [6.45, 7) is 4.54. The zero-order chi connectivity index (χ0) is 19.6. The van der Waals surface area contributed by atoms with Crippen LogP contribution in [0.3, 0.4) is 0 Å². The van der Waals surface area contributed by atoms with Crippen molar-refractivity contribution in [2.75, 3.05) is 13.1 Å². The van der Waals surface area contributed by atoms with Crippen molar-refractivity contribution in [3.63, 3.8) is 0 Å². The van der Waals surface area contributed by atoms with Crippen molar-refractivity contribution < 1.29 is 4.39 Å². The number of guanidine groups is 1. The second kappa shape index (κ2) is 12.2. The molecule has 29 heavy (non-hydrogen) atoms. The number of benzene rings is 2. The van der Waals surface area contributed by atoms with Crippen LogP contribution in [-0.2, 0) is 19.5 Å². The maximum absolute atomic E-state index is 13.8. The van der Waals surface area contributed by atoms with Gasteiger partial charge in [0.25, 0.3) is 0 Å². The molecule has 154 valence electrons. The van der Waals surface area contributed by atoms with E-state index in [2.05, 4.69) is 37.3 Å². The van der Waals surface area contributed by atoms with Crippen LogP contribution in [0.2, 0.25) is 0 Å². The summed E-state index contributed by atoms with van der Waals surface area (Å²) in [5.41, 5.74) is 1.83. The number of hydrogen-bond donors (Lipinski definition) is 2. The molecule has 0 aliphatic heterocycles. The Morgan fingerprint density at radius 2 is 1.83 bits per heavy atom. The molecule has 3 aromatic rings. The van der Waals surface area contributed by atoms with Crippen molar-refractivity contribution in [2.45, 2.75) is 26.4 Å². The first-order valence-electron chi connectivity index (χ1n) is 9.55. The fraction of sp³-hybridized carbons (Fsp3) is 0.273. The minimum absolute atomic E-state index is 0. The Morgan fingerprint density at radius 1 is 1.07 bits per heavy atom. The summed E-state index contributed by atoms with van der Waals surface area (Å²) in [7, 11) is 0. The standard InChI is InChI=1S/C22H26FN5.HI/c1-2-24-22(27-16-19-10-6-7-11-20(19)23)26-13-12-21-25-14-15-28(21)17-18-8-4-3-5-9-18;/h3-11,14-15H,2,12-13,16-17H2,1H3,(H2,24,26,27);1H. The van der Waals surface area contributed by atoms with Crippen LogP contribution in [0.15, 0.2) is 72.0 Å². The molecule has 2 N–H and O–H groups in total. The Kier molecular flexibility index (Phi) is 9.63. The zero-order valence-corrected chi connectivity index (χ0v) is 18.8. The van der Waals surface area contributed by atoms with Crippen LogP contribution in [0.5, 0.6) is 0 Å². The molecule has 0 aliphatic carbocycles. The first kappa shape index (κ1) is 22.9. The van der Waals surface area contributed by atoms with Gasteiger partial charge in [-0.3, -0.25) is 0 Å². The highest BCUT2D eigenvalue weighted by molar-refractivity contribution is 14.0. The van der Waals surface area contributed by atoms with Gasteiger partial charge in [0.1, 0.15) is 11.6 Å². The SMILES string of the molecule is CCNC(=NCc1ccccc1F)NCCc1nccn1Cc1ccccc1.I. The number of aliphatic imine (C=N–C) groups is 1. The van der Waals surface area contributed by atoms with Gasteiger partial charge < -0.3 is 15.2 Å². The highest BCUT2D eigenvalue weighted by Gasteiger charge is 2.05. The molecule has 0 amide bonds. The Morgan fingerprint density at radius 3 is 2.59 bits per heavy atom. The van der Waals surface area contributed by atoms with E-state index in [0.717, 1.165) is 25.3 Å². The molecule has 0 fully saturated rings. The van der Waals surface area contributed by atoms with E-state index in [9.17, 15) is 4.39 Å². The van der Waals surface area contributed by atoms with Crippen LogP contribution in [0, 0.1) is 5.82 Å². The third kappa shape index (κ3) is 7.16. The fourth-order valence-electron chi connectivity index (χ4n) is 2.92. The number of nitrogens with one attached hydrogen (secondary N) is 2. The smallest absolute Gasteiger partial charge is 0.191 e. The lowest BCUT2D eigenvalue weighted by atomic mass is 10.2. The van der Waals surface area contributed by atoms with E-state index in [0.29, 0.717) is 24.6 Å². The van der Waals surface area contributed by atoms with Crippen molar-refractivity contribution in [1.29, 1.82) is 0 Å². The number of rotatable bonds is 8. The maximum atomic E-state index is 13.8. The third-order valence-corrected chi connectivity index (χ3v) is 4.35. The van der Waals surface area contributed by atoms with Crippen molar-refractivity contribution in [3.05, 3.63) is 89.8 Å². The molecular weight excluding hydrogens is 480 g/mol. The van der Waals surface area contributed by atoms with E-state index in [1.807, 2.05) is 43.6 Å². The molecule has 2 aromatic carbocycles. The van der Waals surface area contributed by atoms with Crippen molar-refractivity contribution >= 4 is 29.9 Å². The molecule has 1 aromatic heterocycles. The average molecular weight is 507 g/mol. The summed E-state index contributed by atoms with van der Waals surface area (Å²) in [6.07, 6.45) is 4.60. The number of nitrogens with zero attached hydrogens (tertiary/aromatic N) is 3. The summed E-state index contributed by atoms with van der Waals surface area (Å²) in [4.78, 5) is 8.95. The minimum Gasteiger partial charge on any atom is -0.357 e. The monoisotopic (exact) mass is 507 g/mol. The minimum atomic E-state index is -0.231. The molecule has 1 heterocycles. The Bertz CT molecular complexity index is 895. The molecule has 0 saturated heterocycles. The van der Waals surface area contributed by atoms with Gasteiger partial charge in [-0.2, -0.15) is 0 Å². The normalized spacial score (nSPS) is 11.0. The lowest BCUT2D eigenvalue weighted by Crippen LogP contribution is -2.38. The Balaban J connectivity index is 0.00000300. The van der Waals surface area contributed by atoms with Gasteiger partial charge >= 0.3 is 0 Å². The lowest BCUT2D eigenvalue weighted by molar-refractivity contribution is 0.610. The predicted molar refractivity (Wildman–Crippen MR) is 126 cm³/mol. The molecule has 0 bridgehead atoms. The Labute approximate surface area is 188 Å². The molecule has 0 spiro atoms. The van der Waals surface area contributed by atoms with Crippen molar-refractivity contribution in [3.8, 4) is 0 Å². The first-order valence-corrected chi connectivity index (χ1v) is 9.55. The second-order valence-corrected chi connectivity index (χ2v) is 6.42. The van der Waals surface area contributed by atoms with Crippen LogP contribution in [0.1, 0.15) is 23.9 Å². The van der Waals surface area contributed by atoms with E-state index >= 15 is 0 Å². The lowest BCUT2D eigenvalue weighted by Gasteiger charge is -2.12. The predicted octanol–water partition coefficient (Wildman–Crippen LogP) is 3.99. The molecule has 3 rings (SSSR count). The van der Waals surface area contributed by atoms with E-state index in [1.165, 1.54) is 11.6 Å². The van der Waals surface area contributed by atoms with Crippen LogP contribution < -0.4 is 10.6 Å². The van der Waals surface area contributed by atoms with Crippen LogP contribution in [0.4, 0.5) is 4.39 Å². The summed E-state index contributed by atoms with van der Waals surface area (Å²) in [6, 6.07) is 17.0. The molecule has 0 aliphatic rings. The molecule has 0 atom stereocenters. The van der Waals surface area contributed by atoms with Crippen molar-refractivity contribution in [2.24, 2.45) is 4.99 Å². The topological polar surface area (TPSA) is 54.2 Å². The van der Waals surface area contributed by atoms with E-state index in [-0.39, 0.29) is 29.8 Å². The van der Waals surface area contributed by atoms with E-state index < -0.39 is 0 Å². The molecule has 0 saturated carbocycles. The summed E-state index contributed by atoms with van der Waals surface area (Å²) in [5.74, 6) is 1.46. The highest BCUT2D eigenvalue weighted by Crippen LogP contribution is 2.08. The summed E-state index contributed by atoms with van der Waals surface area (Å²) in [5, 5.41) is 6.50. The molecule has 0 radical (unpaired) electrons. The van der Waals surface area contributed by atoms with E-state index in [1.54, 1.807) is 12.1 Å². The molecule has 0 unspecified atom stereocenters. The van der Waals surface area contributed by atoms with Crippen molar-refractivity contribution in [1.82, 2.24) is 20.2 Å². The second-order valence-electron chi connectivity index (χ2n) is 6.42. The quantitative estimate of drug-likeness (QED) is 0.276. The number of aromatic nitrogens is 2. The molecule has 5 nitrogen and oxygen atoms in total. The number of imidazole rings is 1.